The van der Waals surface area contributed by atoms with E-state index in [1.165, 1.54) is 63.7 Å². The summed E-state index contributed by atoms with van der Waals surface area (Å²) in [7, 11) is 0. The van der Waals surface area contributed by atoms with Crippen LogP contribution in [0.2, 0.25) is 0 Å². The van der Waals surface area contributed by atoms with E-state index in [9.17, 15) is 43.8 Å². The number of hydrogen-bond donors (Lipinski definition) is 3. The molecule has 19 nitrogen and oxygen atoms in total. The van der Waals surface area contributed by atoms with Crippen molar-refractivity contribution in [3.63, 3.8) is 0 Å². The van der Waals surface area contributed by atoms with Crippen LogP contribution >= 0.6 is 11.8 Å². The van der Waals surface area contributed by atoms with Gasteiger partial charge in [-0.05, 0) is 60.6 Å². The van der Waals surface area contributed by atoms with E-state index in [1.807, 2.05) is 6.92 Å². The lowest BCUT2D eigenvalue weighted by atomic mass is 9.44. The minimum Gasteiger partial charge on any atom is -0.455 e. The number of carbonyl (C=O) groups excluding carboxylic acids is 9. The number of carbonyl (C=O) groups is 9. The number of nitrogens with one attached hydrogen (secondary N) is 1. The molecular weight excluding hydrogens is 1000 g/mol. The van der Waals surface area contributed by atoms with Crippen LogP contribution in [0, 0.1) is 16.7 Å². The fraction of sp³-hybridized carbons (Fsp3) is 0.482. The molecule has 0 radical (unpaired) electrons. The number of benzene rings is 3. The lowest BCUT2D eigenvalue weighted by Crippen LogP contribution is -2.82. The predicted molar refractivity (Wildman–Crippen MR) is 269 cm³/mol. The van der Waals surface area contributed by atoms with Gasteiger partial charge < -0.3 is 44.0 Å². The normalized spacial score (nSPS) is 30.2. The molecule has 2 bridgehead atoms. The molecule has 2 aliphatic heterocycles. The van der Waals surface area contributed by atoms with Gasteiger partial charge in [-0.25, -0.2) is 9.59 Å². The van der Waals surface area contributed by atoms with Gasteiger partial charge in [0.2, 0.25) is 17.9 Å². The highest BCUT2D eigenvalue weighted by Gasteiger charge is 2.78. The van der Waals surface area contributed by atoms with E-state index in [2.05, 4.69) is 5.32 Å². The fourth-order valence-corrected chi connectivity index (χ4v) is 12.8. The molecule has 0 aromatic heterocycles. The third kappa shape index (κ3) is 9.95. The first-order valence-electron chi connectivity index (χ1n) is 25.2. The number of likely N-dealkylation sites (tertiary alicyclic amines) is 1. The Labute approximate surface area is 443 Å². The topological polar surface area (TPSA) is 265 Å². The summed E-state index contributed by atoms with van der Waals surface area (Å²) in [4.78, 5) is 127. The molecule has 404 valence electrons. The van der Waals surface area contributed by atoms with Crippen molar-refractivity contribution in [3.8, 4) is 0 Å². The van der Waals surface area contributed by atoms with Crippen LogP contribution in [0.5, 0.6) is 0 Å². The lowest BCUT2D eigenvalue weighted by molar-refractivity contribution is -0.346. The van der Waals surface area contributed by atoms with Crippen molar-refractivity contribution in [2.45, 2.75) is 133 Å². The van der Waals surface area contributed by atoms with Gasteiger partial charge in [0.15, 0.2) is 17.5 Å². The van der Waals surface area contributed by atoms with Gasteiger partial charge in [-0.15, -0.1) is 11.8 Å². The highest BCUT2D eigenvalue weighted by atomic mass is 32.2. The standard InChI is InChI=1S/C56H62N2O17S/c1-8-76-37-26-40(62)58(50(37)66)25-24-41(63)73-45(43(33-18-12-9-13-19-33)57-49(65)34-20-14-10-15-21-34)52(68)72-36-28-56(69)48(74-51(67)35-22-16-11-17-23-35)46-54(7,38(61)27-39-55(46,29-70-39)75-32(4)60)47(64)44(71-31(3)59)42(30(36)2)53(56,5)6/h9-23,36-39,43-46,48,61,69H,8,24-29H2,1-7H3,(H,57,65)/t36-,37?,38-,39+,43-,44+,45+,46?,48?,54+,55-,56+/m0/s1. The number of aliphatic hydroxyl groups excluding tert-OH is 1. The van der Waals surface area contributed by atoms with Crippen LogP contribution < -0.4 is 5.32 Å². The second kappa shape index (κ2) is 21.7. The van der Waals surface area contributed by atoms with E-state index in [-0.39, 0.29) is 53.8 Å². The maximum atomic E-state index is 15.8. The predicted octanol–water partition coefficient (Wildman–Crippen LogP) is 4.56. The molecule has 5 aliphatic rings. The highest BCUT2D eigenvalue weighted by molar-refractivity contribution is 8.00. The van der Waals surface area contributed by atoms with Gasteiger partial charge in [0, 0.05) is 50.6 Å². The first-order valence-corrected chi connectivity index (χ1v) is 26.2. The Morgan fingerprint density at radius 3 is 2.05 bits per heavy atom. The van der Waals surface area contributed by atoms with E-state index < -0.39 is 142 Å². The number of nitrogens with zero attached hydrogens (tertiary/aromatic N) is 1. The Hall–Kier alpha value is -6.74. The molecule has 3 aromatic carbocycles. The molecule has 20 heteroatoms. The molecule has 3 amide bonds. The Kier molecular flexibility index (Phi) is 15.9. The summed E-state index contributed by atoms with van der Waals surface area (Å²) < 4.78 is 36.9. The summed E-state index contributed by atoms with van der Waals surface area (Å²) in [5.41, 5.74) is -7.79. The molecule has 4 fully saturated rings. The molecule has 12 atom stereocenters. The van der Waals surface area contributed by atoms with Crippen LogP contribution in [0.25, 0.3) is 0 Å². The number of Topliss-reactive ketones (excluding diaryl/α,β-unsaturated/α-hetero) is 1. The van der Waals surface area contributed by atoms with Crippen molar-refractivity contribution >= 4 is 65.1 Å². The zero-order valence-electron chi connectivity index (χ0n) is 43.2. The Morgan fingerprint density at radius 1 is 0.855 bits per heavy atom. The van der Waals surface area contributed by atoms with Crippen molar-refractivity contribution in [2.24, 2.45) is 16.7 Å². The number of rotatable bonds is 16. The van der Waals surface area contributed by atoms with E-state index >= 15 is 9.59 Å². The van der Waals surface area contributed by atoms with Crippen molar-refractivity contribution in [1.29, 1.82) is 0 Å². The van der Waals surface area contributed by atoms with Gasteiger partial charge in [-0.1, -0.05) is 87.5 Å². The minimum absolute atomic E-state index is 0.0223. The molecule has 2 heterocycles. The maximum Gasteiger partial charge on any atom is 0.350 e. The smallest absolute Gasteiger partial charge is 0.350 e. The molecule has 76 heavy (non-hydrogen) atoms. The number of esters is 5. The second-order valence-electron chi connectivity index (χ2n) is 20.6. The zero-order chi connectivity index (χ0) is 55.1. The molecule has 3 aromatic rings. The van der Waals surface area contributed by atoms with Crippen LogP contribution in [0.15, 0.2) is 102 Å². The van der Waals surface area contributed by atoms with Crippen LogP contribution in [-0.2, 0) is 62.0 Å². The molecule has 2 saturated heterocycles. The van der Waals surface area contributed by atoms with Crippen LogP contribution in [-0.4, -0.2) is 140 Å². The number of ketones is 1. The summed E-state index contributed by atoms with van der Waals surface area (Å²) in [6.07, 6.45) is -11.8. The average molecular weight is 1070 g/mol. The number of thioether (sulfide) groups is 1. The van der Waals surface area contributed by atoms with Crippen LogP contribution in [0.1, 0.15) is 106 Å². The number of hydrogen-bond acceptors (Lipinski definition) is 18. The van der Waals surface area contributed by atoms with Crippen molar-refractivity contribution in [2.75, 3.05) is 18.9 Å². The van der Waals surface area contributed by atoms with Crippen molar-refractivity contribution in [1.82, 2.24) is 10.2 Å². The van der Waals surface area contributed by atoms with Gasteiger partial charge in [0.1, 0.15) is 30.0 Å². The Morgan fingerprint density at radius 2 is 1.47 bits per heavy atom. The SMILES string of the molecule is CCSC1CC(=O)N(CCC(=O)O[C@@H](C(=O)O[C@H]2C[C@@]3(O)C(OC(=O)c4ccccc4)C4[C@](C)(C(=O)[C@H](OC(C)=O)C(=C2C)C3(C)C)[C@@H](O)C[C@H]2OC[C@@]42OC(C)=O)[C@@H](NC(=O)c2ccccc2)c2ccccc2)C1=O. The number of amides is 3. The van der Waals surface area contributed by atoms with Crippen LogP contribution in [0.3, 0.4) is 0 Å². The zero-order valence-corrected chi connectivity index (χ0v) is 44.0. The Bertz CT molecular complexity index is 2830. The van der Waals surface area contributed by atoms with Gasteiger partial charge in [-0.2, -0.15) is 0 Å². The van der Waals surface area contributed by atoms with E-state index in [0.29, 0.717) is 5.75 Å². The van der Waals surface area contributed by atoms with E-state index in [1.54, 1.807) is 66.7 Å². The average Bonchev–Trinajstić information content (AvgIpc) is 3.81. The first kappa shape index (κ1) is 55.5. The summed E-state index contributed by atoms with van der Waals surface area (Å²) in [5, 5.41) is 28.4. The largest absolute Gasteiger partial charge is 0.455 e. The summed E-state index contributed by atoms with van der Waals surface area (Å²) in [6.45, 7) is 9.20. The molecule has 8 rings (SSSR count). The number of fused-ring (bicyclic) bond motifs is 5. The van der Waals surface area contributed by atoms with E-state index in [0.717, 1.165) is 18.7 Å². The van der Waals surface area contributed by atoms with Gasteiger partial charge in [0.25, 0.3) is 5.91 Å². The number of imide groups is 1. The van der Waals surface area contributed by atoms with Crippen molar-refractivity contribution in [3.05, 3.63) is 119 Å². The number of aliphatic hydroxyl groups is 2. The molecule has 3 aliphatic carbocycles. The maximum absolute atomic E-state index is 15.8. The third-order valence-corrected chi connectivity index (χ3v) is 16.9. The lowest BCUT2D eigenvalue weighted by Gasteiger charge is -2.67. The summed E-state index contributed by atoms with van der Waals surface area (Å²) >= 11 is 1.29. The molecular formula is C56H62N2O17S. The summed E-state index contributed by atoms with van der Waals surface area (Å²) in [5.74, 6) is -8.74. The minimum atomic E-state index is -2.51. The molecule has 0 spiro atoms. The second-order valence-corrected chi connectivity index (χ2v) is 22.1. The van der Waals surface area contributed by atoms with Crippen LogP contribution in [0.4, 0.5) is 0 Å². The molecule has 2 saturated carbocycles. The van der Waals surface area contributed by atoms with Gasteiger partial charge in [-0.3, -0.25) is 38.5 Å². The molecule has 3 unspecified atom stereocenters. The first-order chi connectivity index (χ1) is 36.0. The highest BCUT2D eigenvalue weighted by Crippen LogP contribution is 2.64. The van der Waals surface area contributed by atoms with E-state index in [4.69, 9.17) is 28.4 Å². The monoisotopic (exact) mass is 1070 g/mol. The third-order valence-electron chi connectivity index (χ3n) is 15.8. The quantitative estimate of drug-likeness (QED) is 0.0768. The number of ether oxygens (including phenoxy) is 6. The van der Waals surface area contributed by atoms with Gasteiger partial charge in [0.05, 0.1) is 41.3 Å². The molecule has 3 N–H and O–H groups in total. The summed E-state index contributed by atoms with van der Waals surface area (Å²) in [6, 6.07) is 22.3. The fourth-order valence-electron chi connectivity index (χ4n) is 11.9. The van der Waals surface area contributed by atoms with Gasteiger partial charge >= 0.3 is 29.8 Å². The van der Waals surface area contributed by atoms with Crippen molar-refractivity contribution < 1.29 is 81.8 Å². The Balaban J connectivity index is 1.27.